The van der Waals surface area contributed by atoms with Crippen LogP contribution in [0.3, 0.4) is 0 Å². The van der Waals surface area contributed by atoms with Crippen molar-refractivity contribution in [3.8, 4) is 18.2 Å². The van der Waals surface area contributed by atoms with Crippen molar-refractivity contribution < 1.29 is 19.1 Å². The van der Waals surface area contributed by atoms with E-state index in [-0.39, 0.29) is 17.2 Å². The molecule has 0 heterocycles. The van der Waals surface area contributed by atoms with Gasteiger partial charge < -0.3 is 34.0 Å². The molecule has 0 radical (unpaired) electrons. The van der Waals surface area contributed by atoms with Crippen LogP contribution in [-0.2, 0) is 19.1 Å². The maximum absolute atomic E-state index is 12.2. The van der Waals surface area contributed by atoms with E-state index in [1.807, 2.05) is 85.7 Å². The Bertz CT molecular complexity index is 1840. The molecule has 2 unspecified atom stereocenters. The number of esters is 2. The first-order valence-corrected chi connectivity index (χ1v) is 30.7. The summed E-state index contributed by atoms with van der Waals surface area (Å²) in [5.41, 5.74) is 0.922. The van der Waals surface area contributed by atoms with Gasteiger partial charge in [-0.15, -0.1) is 0 Å². The molecule has 1 rings (SSSR count). The molecule has 22 heteroatoms. The Balaban J connectivity index is -0.000000409. The lowest BCUT2D eigenvalue weighted by Gasteiger charge is -2.27. The summed E-state index contributed by atoms with van der Waals surface area (Å²) in [4.78, 5) is 34.2. The van der Waals surface area contributed by atoms with Crippen LogP contribution in [0.5, 0.6) is 0 Å². The summed E-state index contributed by atoms with van der Waals surface area (Å²) in [5, 5.41) is 25.2. The lowest BCUT2D eigenvalue weighted by Crippen LogP contribution is -2.36. The standard InChI is InChI=1S/C15H21NO2S2.C11H21NO2S2.C9H16N2S2.C8H14N2S2.C7H12N2S2/c1-4-16(5-2)15(19)20-13(14(17)18-6-3)12-10-8-7-9-11-12;1-6-12(7-2)10(15)16-11(4,5)9(13)14-8-3;1-5-11(6-2)8(12)13-9(3,4)7-10;1-4-10(5-2)8(11)12-7(3)6-9;1-3-9(4-2)7(10)11-6-5-8/h7-11,13H,4-6H2,1-3H3;6-8H2,1-5H3;5-6H2,1-4H3;7H,4-5H2,1-3H3;3-4,6H2,1-2H3. The molecule has 0 aromatic heterocycles. The number of nitrogens with zero attached hydrogens (tertiary/aromatic N) is 8. The van der Waals surface area contributed by atoms with Gasteiger partial charge in [0.2, 0.25) is 0 Å². The maximum Gasteiger partial charge on any atom is 0.324 e. The van der Waals surface area contributed by atoms with Gasteiger partial charge >= 0.3 is 11.9 Å². The molecule has 0 saturated carbocycles. The lowest BCUT2D eigenvalue weighted by atomic mass is 10.1. The number of thiocarbonyl (C=S) groups is 5. The number of benzene rings is 1. The number of ether oxygens (including phenoxy) is 2. The van der Waals surface area contributed by atoms with Crippen LogP contribution in [-0.4, -0.2) is 157 Å². The quantitative estimate of drug-likeness (QED) is 0.0902. The van der Waals surface area contributed by atoms with Gasteiger partial charge in [0.1, 0.15) is 36.3 Å². The third-order valence-electron chi connectivity index (χ3n) is 9.37. The van der Waals surface area contributed by atoms with Crippen molar-refractivity contribution in [2.24, 2.45) is 0 Å². The second-order valence-corrected chi connectivity index (χ2v) is 25.1. The molecular formula is C50H84N8O4S10. The van der Waals surface area contributed by atoms with Crippen LogP contribution >= 0.6 is 120 Å². The van der Waals surface area contributed by atoms with Crippen molar-refractivity contribution >= 4 is 153 Å². The minimum Gasteiger partial charge on any atom is -0.465 e. The Hall–Kier alpha value is -2.17. The van der Waals surface area contributed by atoms with E-state index in [1.54, 1.807) is 6.92 Å². The molecule has 12 nitrogen and oxygen atoms in total. The fourth-order valence-corrected chi connectivity index (χ4v) is 12.8. The summed E-state index contributed by atoms with van der Waals surface area (Å²) in [6.45, 7) is 43.2. The van der Waals surface area contributed by atoms with Crippen molar-refractivity contribution in [3.63, 3.8) is 0 Å². The Morgan fingerprint density at radius 3 is 1.31 bits per heavy atom. The number of thioether (sulfide) groups is 5. The summed E-state index contributed by atoms with van der Waals surface area (Å²) >= 11 is 33.3. The predicted octanol–water partition coefficient (Wildman–Crippen LogP) is 13.1. The highest BCUT2D eigenvalue weighted by atomic mass is 32.2. The van der Waals surface area contributed by atoms with Crippen molar-refractivity contribution in [1.29, 1.82) is 15.8 Å². The molecule has 0 amide bonds. The first-order chi connectivity index (χ1) is 33.9. The molecule has 72 heavy (non-hydrogen) atoms. The molecule has 2 atom stereocenters. The van der Waals surface area contributed by atoms with E-state index in [9.17, 15) is 9.59 Å². The van der Waals surface area contributed by atoms with E-state index in [1.165, 1.54) is 58.8 Å². The zero-order valence-corrected chi connectivity index (χ0v) is 54.2. The summed E-state index contributed by atoms with van der Waals surface area (Å²) in [6, 6.07) is 16.1. The van der Waals surface area contributed by atoms with Crippen molar-refractivity contribution in [3.05, 3.63) is 35.9 Å². The number of rotatable bonds is 20. The lowest BCUT2D eigenvalue weighted by molar-refractivity contribution is -0.145. The Kier molecular flexibility index (Phi) is 48.9. The number of carbonyl (C=O) groups is 2. The highest BCUT2D eigenvalue weighted by molar-refractivity contribution is 8.25. The highest BCUT2D eigenvalue weighted by Gasteiger charge is 2.32. The predicted molar refractivity (Wildman–Crippen MR) is 337 cm³/mol. The fourth-order valence-electron chi connectivity index (χ4n) is 5.05. The SMILES string of the molecule is CCN(CC)C(=S)SC(C)(C)C#N.CCN(CC)C(=S)SC(C)C#N.CCN(CC)C(=S)SCC#N.CCOC(=O)C(C)(C)SC(=S)N(CC)CC.CCOC(=O)C(SC(=S)N(CC)CC)c1ccccc1. The molecule has 0 spiro atoms. The van der Waals surface area contributed by atoms with Crippen molar-refractivity contribution in [1.82, 2.24) is 24.5 Å². The Morgan fingerprint density at radius 2 is 0.944 bits per heavy atom. The van der Waals surface area contributed by atoms with E-state index in [2.05, 4.69) is 98.1 Å². The first-order valence-electron chi connectivity index (χ1n) is 24.2. The number of nitriles is 3. The van der Waals surface area contributed by atoms with Crippen LogP contribution in [0.2, 0.25) is 0 Å². The largest absolute Gasteiger partial charge is 0.465 e. The third kappa shape index (κ3) is 35.2. The van der Waals surface area contributed by atoms with E-state index >= 15 is 0 Å². The van der Waals surface area contributed by atoms with Gasteiger partial charge in [0.05, 0.1) is 42.4 Å². The molecule has 408 valence electrons. The monoisotopic (exact) mass is 1180 g/mol. The van der Waals surface area contributed by atoms with Gasteiger partial charge in [0.25, 0.3) is 0 Å². The number of carbonyl (C=O) groups excluding carboxylic acids is 2. The third-order valence-corrected chi connectivity index (χ3v) is 17.1. The maximum atomic E-state index is 12.2. The number of hydrogen-bond donors (Lipinski definition) is 0. The van der Waals surface area contributed by atoms with Gasteiger partial charge in [-0.05, 0) is 123 Å². The molecule has 0 aliphatic heterocycles. The first kappa shape index (κ1) is 76.3. The topological polar surface area (TPSA) is 140 Å². The van der Waals surface area contributed by atoms with Crippen molar-refractivity contribution in [2.45, 2.75) is 138 Å². The number of hydrogen-bond acceptors (Lipinski definition) is 17. The normalized spacial score (nSPS) is 11.0. The van der Waals surface area contributed by atoms with Crippen LogP contribution in [0.15, 0.2) is 30.3 Å². The van der Waals surface area contributed by atoms with Gasteiger partial charge in [-0.25, -0.2) is 0 Å². The van der Waals surface area contributed by atoms with E-state index < -0.39 is 14.7 Å². The van der Waals surface area contributed by atoms with E-state index in [0.29, 0.717) is 19.0 Å². The average molecular weight is 1180 g/mol. The second-order valence-electron chi connectivity index (χ2n) is 15.2. The van der Waals surface area contributed by atoms with Crippen LogP contribution < -0.4 is 0 Å². The van der Waals surface area contributed by atoms with Gasteiger partial charge in [-0.1, -0.05) is 150 Å². The molecule has 0 saturated heterocycles. The zero-order valence-electron chi connectivity index (χ0n) is 46.0. The van der Waals surface area contributed by atoms with Gasteiger partial charge in [0, 0.05) is 65.4 Å². The molecule has 0 aliphatic carbocycles. The van der Waals surface area contributed by atoms with Gasteiger partial charge in [-0.3, -0.25) is 9.59 Å². The summed E-state index contributed by atoms with van der Waals surface area (Å²) < 4.78 is 13.1. The molecule has 0 aliphatic rings. The van der Waals surface area contributed by atoms with Gasteiger partial charge in [-0.2, -0.15) is 15.8 Å². The van der Waals surface area contributed by atoms with E-state index in [4.69, 9.17) is 86.3 Å². The molecule has 1 aromatic carbocycles. The summed E-state index contributed by atoms with van der Waals surface area (Å²) in [7, 11) is 0. The summed E-state index contributed by atoms with van der Waals surface area (Å²) in [5.74, 6) is 0.00251. The molecular weight excluding hydrogens is 1100 g/mol. The minimum atomic E-state index is -0.615. The zero-order chi connectivity index (χ0) is 56.5. The van der Waals surface area contributed by atoms with E-state index in [0.717, 1.165) is 92.6 Å². The van der Waals surface area contributed by atoms with Gasteiger partial charge in [0.15, 0.2) is 0 Å². The Morgan fingerprint density at radius 1 is 0.569 bits per heavy atom. The smallest absolute Gasteiger partial charge is 0.324 e. The molecule has 0 fully saturated rings. The molecule has 0 N–H and O–H groups in total. The summed E-state index contributed by atoms with van der Waals surface area (Å²) in [6.07, 6.45) is 0. The molecule has 1 aromatic rings. The van der Waals surface area contributed by atoms with Crippen molar-refractivity contribution in [2.75, 3.05) is 84.4 Å². The minimum absolute atomic E-state index is 0.0434. The van der Waals surface area contributed by atoms with Crippen LogP contribution in [0.25, 0.3) is 0 Å². The van der Waals surface area contributed by atoms with Crippen LogP contribution in [0, 0.1) is 34.0 Å². The average Bonchev–Trinajstić information content (AvgIpc) is 3.35. The molecule has 0 bridgehead atoms. The van der Waals surface area contributed by atoms with Crippen LogP contribution in [0.1, 0.15) is 129 Å². The van der Waals surface area contributed by atoms with Crippen LogP contribution in [0.4, 0.5) is 0 Å². The Labute approximate surface area is 484 Å². The fraction of sp³-hybridized carbons (Fsp3) is 0.680. The second kappa shape index (κ2) is 46.2. The highest BCUT2D eigenvalue weighted by Crippen LogP contribution is 2.33.